The van der Waals surface area contributed by atoms with Crippen LogP contribution >= 0.6 is 34.9 Å². The SMILES string of the molecule is CC(Sc1nncs1)C(=O)Nc1ccccc1Sc1ccccc1. The number of thioether (sulfide) groups is 1. The van der Waals surface area contributed by atoms with Crippen molar-refractivity contribution in [1.82, 2.24) is 10.2 Å². The first-order chi connectivity index (χ1) is 11.7. The zero-order valence-corrected chi connectivity index (χ0v) is 15.3. The normalized spacial score (nSPS) is 11.9. The molecular formula is C17H15N3OS3. The molecule has 1 unspecified atom stereocenters. The van der Waals surface area contributed by atoms with Crippen molar-refractivity contribution in [2.24, 2.45) is 0 Å². The molecule has 0 spiro atoms. The molecule has 1 atom stereocenters. The zero-order chi connectivity index (χ0) is 16.8. The van der Waals surface area contributed by atoms with Gasteiger partial charge in [-0.1, -0.05) is 65.2 Å². The second-order valence-corrected chi connectivity index (χ2v) is 8.40. The Balaban J connectivity index is 1.69. The standard InChI is InChI=1S/C17H15N3OS3/c1-12(23-17-20-18-11-22-17)16(21)19-14-9-5-6-10-15(14)24-13-7-3-2-4-8-13/h2-12H,1H3,(H,19,21). The molecule has 1 amide bonds. The maximum absolute atomic E-state index is 12.5. The van der Waals surface area contributed by atoms with Crippen LogP contribution in [0.5, 0.6) is 0 Å². The number of anilines is 1. The summed E-state index contributed by atoms with van der Waals surface area (Å²) in [5.74, 6) is -0.0451. The van der Waals surface area contributed by atoms with Crippen LogP contribution in [0.4, 0.5) is 5.69 Å². The third-order valence-corrected chi connectivity index (χ3v) is 6.10. The van der Waals surface area contributed by atoms with E-state index in [1.165, 1.54) is 23.1 Å². The Labute approximate surface area is 153 Å². The van der Waals surface area contributed by atoms with Crippen molar-refractivity contribution in [3.8, 4) is 0 Å². The van der Waals surface area contributed by atoms with Crippen LogP contribution < -0.4 is 5.32 Å². The van der Waals surface area contributed by atoms with Crippen LogP contribution in [0.3, 0.4) is 0 Å². The molecule has 0 aliphatic carbocycles. The van der Waals surface area contributed by atoms with Crippen LogP contribution in [-0.2, 0) is 4.79 Å². The largest absolute Gasteiger partial charge is 0.324 e. The number of benzene rings is 2. The number of carbonyl (C=O) groups is 1. The van der Waals surface area contributed by atoms with Gasteiger partial charge in [-0.25, -0.2) is 0 Å². The van der Waals surface area contributed by atoms with Crippen molar-refractivity contribution >= 4 is 46.5 Å². The molecule has 1 heterocycles. The molecule has 4 nitrogen and oxygen atoms in total. The molecule has 0 aliphatic rings. The van der Waals surface area contributed by atoms with Gasteiger partial charge < -0.3 is 5.32 Å². The predicted octanol–water partition coefficient (Wildman–Crippen LogP) is 4.81. The molecule has 0 aliphatic heterocycles. The Morgan fingerprint density at radius 2 is 1.88 bits per heavy atom. The number of nitrogens with one attached hydrogen (secondary N) is 1. The maximum atomic E-state index is 12.5. The minimum atomic E-state index is -0.243. The Kier molecular flexibility index (Phi) is 5.90. The van der Waals surface area contributed by atoms with Crippen molar-refractivity contribution in [3.05, 3.63) is 60.1 Å². The van der Waals surface area contributed by atoms with Gasteiger partial charge in [0.2, 0.25) is 5.91 Å². The highest BCUT2D eigenvalue weighted by Crippen LogP contribution is 2.34. The third-order valence-electron chi connectivity index (χ3n) is 3.10. The molecule has 1 N–H and O–H groups in total. The molecule has 0 bridgehead atoms. The monoisotopic (exact) mass is 373 g/mol. The molecule has 2 aromatic carbocycles. The number of amides is 1. The van der Waals surface area contributed by atoms with Crippen molar-refractivity contribution in [2.75, 3.05) is 5.32 Å². The Hall–Kier alpha value is -1.83. The molecular weight excluding hydrogens is 358 g/mol. The molecule has 122 valence electrons. The van der Waals surface area contributed by atoms with E-state index in [2.05, 4.69) is 27.6 Å². The second kappa shape index (κ2) is 8.32. The van der Waals surface area contributed by atoms with E-state index in [9.17, 15) is 4.79 Å². The van der Waals surface area contributed by atoms with E-state index in [0.29, 0.717) is 0 Å². The van der Waals surface area contributed by atoms with E-state index in [-0.39, 0.29) is 11.2 Å². The van der Waals surface area contributed by atoms with Gasteiger partial charge in [0.1, 0.15) is 5.51 Å². The van der Waals surface area contributed by atoms with Gasteiger partial charge in [0.15, 0.2) is 4.34 Å². The fraction of sp³-hybridized carbons (Fsp3) is 0.118. The summed E-state index contributed by atoms with van der Waals surface area (Å²) in [6.45, 7) is 1.87. The quantitative estimate of drug-likeness (QED) is 0.629. The second-order valence-electron chi connectivity index (χ2n) is 4.87. The van der Waals surface area contributed by atoms with Gasteiger partial charge in [0, 0.05) is 9.79 Å². The lowest BCUT2D eigenvalue weighted by Gasteiger charge is -2.13. The number of carbonyl (C=O) groups excluding carboxylic acids is 1. The minimum absolute atomic E-state index is 0.0451. The molecule has 0 saturated carbocycles. The Bertz CT molecular complexity index is 794. The number of para-hydroxylation sites is 1. The molecule has 3 rings (SSSR count). The lowest BCUT2D eigenvalue weighted by Crippen LogP contribution is -2.22. The summed E-state index contributed by atoms with van der Waals surface area (Å²) < 4.78 is 0.796. The number of rotatable bonds is 6. The van der Waals surface area contributed by atoms with E-state index >= 15 is 0 Å². The van der Waals surface area contributed by atoms with Crippen molar-refractivity contribution in [2.45, 2.75) is 26.3 Å². The van der Waals surface area contributed by atoms with Gasteiger partial charge in [-0.2, -0.15) is 0 Å². The summed E-state index contributed by atoms with van der Waals surface area (Å²) in [6, 6.07) is 17.9. The summed E-state index contributed by atoms with van der Waals surface area (Å²) in [4.78, 5) is 14.6. The summed E-state index contributed by atoms with van der Waals surface area (Å²) in [5, 5.41) is 10.5. The summed E-state index contributed by atoms with van der Waals surface area (Å²) in [7, 11) is 0. The molecule has 0 radical (unpaired) electrons. The summed E-state index contributed by atoms with van der Waals surface area (Å²) >= 11 is 4.48. The number of hydrogen-bond donors (Lipinski definition) is 1. The lowest BCUT2D eigenvalue weighted by atomic mass is 10.3. The first-order valence-corrected chi connectivity index (χ1v) is 9.85. The number of aromatic nitrogens is 2. The Morgan fingerprint density at radius 1 is 1.12 bits per heavy atom. The van der Waals surface area contributed by atoms with E-state index in [1.54, 1.807) is 17.3 Å². The lowest BCUT2D eigenvalue weighted by molar-refractivity contribution is -0.115. The number of hydrogen-bond acceptors (Lipinski definition) is 6. The van der Waals surface area contributed by atoms with Crippen molar-refractivity contribution in [1.29, 1.82) is 0 Å². The zero-order valence-electron chi connectivity index (χ0n) is 12.9. The van der Waals surface area contributed by atoms with Crippen LogP contribution in [0.2, 0.25) is 0 Å². The fourth-order valence-electron chi connectivity index (χ4n) is 1.93. The highest BCUT2D eigenvalue weighted by molar-refractivity contribution is 8.02. The highest BCUT2D eigenvalue weighted by Gasteiger charge is 2.17. The maximum Gasteiger partial charge on any atom is 0.237 e. The van der Waals surface area contributed by atoms with Gasteiger partial charge in [-0.15, -0.1) is 10.2 Å². The topological polar surface area (TPSA) is 54.9 Å². The Morgan fingerprint density at radius 3 is 2.62 bits per heavy atom. The van der Waals surface area contributed by atoms with E-state index in [0.717, 1.165) is 19.8 Å². The van der Waals surface area contributed by atoms with Crippen LogP contribution in [-0.4, -0.2) is 21.4 Å². The first kappa shape index (κ1) is 17.0. The van der Waals surface area contributed by atoms with Gasteiger partial charge in [-0.05, 0) is 31.2 Å². The van der Waals surface area contributed by atoms with Gasteiger partial charge in [-0.3, -0.25) is 4.79 Å². The minimum Gasteiger partial charge on any atom is -0.324 e. The number of nitrogens with zero attached hydrogens (tertiary/aromatic N) is 2. The summed E-state index contributed by atoms with van der Waals surface area (Å²) in [6.07, 6.45) is 0. The van der Waals surface area contributed by atoms with Gasteiger partial charge in [0.25, 0.3) is 0 Å². The fourth-order valence-corrected chi connectivity index (χ4v) is 4.48. The highest BCUT2D eigenvalue weighted by atomic mass is 32.2. The van der Waals surface area contributed by atoms with Crippen LogP contribution in [0.15, 0.2) is 74.2 Å². The molecule has 24 heavy (non-hydrogen) atoms. The molecule has 7 heteroatoms. The van der Waals surface area contributed by atoms with E-state index < -0.39 is 0 Å². The average molecular weight is 374 g/mol. The smallest absolute Gasteiger partial charge is 0.237 e. The van der Waals surface area contributed by atoms with Crippen molar-refractivity contribution < 1.29 is 4.79 Å². The predicted molar refractivity (Wildman–Crippen MR) is 101 cm³/mol. The van der Waals surface area contributed by atoms with Gasteiger partial charge in [0.05, 0.1) is 10.9 Å². The molecule has 0 saturated heterocycles. The van der Waals surface area contributed by atoms with Gasteiger partial charge >= 0.3 is 0 Å². The molecule has 0 fully saturated rings. The van der Waals surface area contributed by atoms with E-state index in [1.807, 2.05) is 49.4 Å². The third kappa shape index (κ3) is 4.59. The molecule has 3 aromatic rings. The van der Waals surface area contributed by atoms with Crippen LogP contribution in [0.1, 0.15) is 6.92 Å². The first-order valence-electron chi connectivity index (χ1n) is 7.28. The van der Waals surface area contributed by atoms with Crippen LogP contribution in [0, 0.1) is 0 Å². The van der Waals surface area contributed by atoms with E-state index in [4.69, 9.17) is 0 Å². The average Bonchev–Trinajstić information content (AvgIpc) is 3.10. The van der Waals surface area contributed by atoms with Crippen LogP contribution in [0.25, 0.3) is 0 Å². The molecule has 1 aromatic heterocycles. The van der Waals surface area contributed by atoms with Crippen molar-refractivity contribution in [3.63, 3.8) is 0 Å². The summed E-state index contributed by atoms with van der Waals surface area (Å²) in [5.41, 5.74) is 2.49.